The van der Waals surface area contributed by atoms with Crippen molar-refractivity contribution in [2.75, 3.05) is 19.0 Å². The second kappa shape index (κ2) is 5.83. The topological polar surface area (TPSA) is 41.5 Å². The molecule has 1 saturated carbocycles. The molecule has 0 amide bonds. The molecule has 0 bridgehead atoms. The first-order valence-corrected chi connectivity index (χ1v) is 7.12. The third-order valence-corrected chi connectivity index (χ3v) is 4.54. The maximum absolute atomic E-state index is 9.84. The van der Waals surface area contributed by atoms with Crippen LogP contribution in [0.4, 0.5) is 5.69 Å². The SMILES string of the molecule is COc1cccc(NC2(CO)CCC(C)C(C)C2)c1. The number of aliphatic hydroxyl groups is 1. The van der Waals surface area contributed by atoms with Gasteiger partial charge in [0.25, 0.3) is 0 Å². The molecule has 0 saturated heterocycles. The van der Waals surface area contributed by atoms with Crippen molar-refractivity contribution in [3.8, 4) is 5.75 Å². The maximum Gasteiger partial charge on any atom is 0.120 e. The first-order chi connectivity index (χ1) is 9.08. The van der Waals surface area contributed by atoms with Crippen LogP contribution in [0.25, 0.3) is 0 Å². The summed E-state index contributed by atoms with van der Waals surface area (Å²) in [4.78, 5) is 0. The highest BCUT2D eigenvalue weighted by atomic mass is 16.5. The van der Waals surface area contributed by atoms with Crippen LogP contribution in [0.3, 0.4) is 0 Å². The molecule has 3 heteroatoms. The van der Waals surface area contributed by atoms with Gasteiger partial charge < -0.3 is 15.2 Å². The van der Waals surface area contributed by atoms with Crippen molar-refractivity contribution in [2.24, 2.45) is 11.8 Å². The lowest BCUT2D eigenvalue weighted by atomic mass is 9.71. The maximum atomic E-state index is 9.84. The fourth-order valence-electron chi connectivity index (χ4n) is 3.01. The van der Waals surface area contributed by atoms with Gasteiger partial charge in [-0.3, -0.25) is 0 Å². The summed E-state index contributed by atoms with van der Waals surface area (Å²) in [5, 5.41) is 13.4. The molecule has 19 heavy (non-hydrogen) atoms. The zero-order valence-electron chi connectivity index (χ0n) is 12.1. The normalized spacial score (nSPS) is 30.9. The monoisotopic (exact) mass is 263 g/mol. The van der Waals surface area contributed by atoms with Gasteiger partial charge in [0.1, 0.15) is 5.75 Å². The number of methoxy groups -OCH3 is 1. The van der Waals surface area contributed by atoms with Crippen molar-refractivity contribution in [3.05, 3.63) is 24.3 Å². The Balaban J connectivity index is 2.14. The molecule has 1 fully saturated rings. The van der Waals surface area contributed by atoms with E-state index in [1.54, 1.807) is 7.11 Å². The molecule has 0 radical (unpaired) electrons. The van der Waals surface area contributed by atoms with Crippen LogP contribution in [0, 0.1) is 11.8 Å². The van der Waals surface area contributed by atoms with Gasteiger partial charge in [0, 0.05) is 11.8 Å². The van der Waals surface area contributed by atoms with Crippen LogP contribution >= 0.6 is 0 Å². The molecule has 1 aliphatic carbocycles. The highest BCUT2D eigenvalue weighted by Crippen LogP contribution is 2.38. The molecule has 1 aliphatic rings. The standard InChI is InChI=1S/C16H25NO2/c1-12-7-8-16(11-18,10-13(12)2)17-14-5-4-6-15(9-14)19-3/h4-6,9,12-13,17-18H,7-8,10-11H2,1-3H3. The van der Waals surface area contributed by atoms with E-state index in [0.717, 1.165) is 30.2 Å². The summed E-state index contributed by atoms with van der Waals surface area (Å²) >= 11 is 0. The molecule has 1 aromatic carbocycles. The quantitative estimate of drug-likeness (QED) is 0.876. The van der Waals surface area contributed by atoms with Crippen molar-refractivity contribution >= 4 is 5.69 Å². The van der Waals surface area contributed by atoms with Gasteiger partial charge in [-0.05, 0) is 43.2 Å². The number of anilines is 1. The smallest absolute Gasteiger partial charge is 0.120 e. The number of nitrogens with one attached hydrogen (secondary N) is 1. The van der Waals surface area contributed by atoms with E-state index in [0.29, 0.717) is 5.92 Å². The molecular formula is C16H25NO2. The van der Waals surface area contributed by atoms with E-state index < -0.39 is 0 Å². The first-order valence-electron chi connectivity index (χ1n) is 7.12. The molecular weight excluding hydrogens is 238 g/mol. The summed E-state index contributed by atoms with van der Waals surface area (Å²) in [6.07, 6.45) is 3.20. The number of rotatable bonds is 4. The first kappa shape index (κ1) is 14.2. The number of benzene rings is 1. The van der Waals surface area contributed by atoms with Gasteiger partial charge >= 0.3 is 0 Å². The van der Waals surface area contributed by atoms with Crippen LogP contribution in [0.5, 0.6) is 5.75 Å². The Hall–Kier alpha value is -1.22. The second-order valence-corrected chi connectivity index (χ2v) is 5.99. The fourth-order valence-corrected chi connectivity index (χ4v) is 3.01. The average Bonchev–Trinajstić information content (AvgIpc) is 2.43. The number of hydrogen-bond donors (Lipinski definition) is 2. The third-order valence-electron chi connectivity index (χ3n) is 4.54. The van der Waals surface area contributed by atoms with E-state index in [9.17, 15) is 5.11 Å². The van der Waals surface area contributed by atoms with E-state index in [1.165, 1.54) is 6.42 Å². The summed E-state index contributed by atoms with van der Waals surface area (Å²) in [6, 6.07) is 7.92. The van der Waals surface area contributed by atoms with E-state index in [1.807, 2.05) is 24.3 Å². The summed E-state index contributed by atoms with van der Waals surface area (Å²) in [5.74, 6) is 2.22. The van der Waals surface area contributed by atoms with E-state index >= 15 is 0 Å². The molecule has 0 aromatic heterocycles. The van der Waals surface area contributed by atoms with Gasteiger partial charge in [-0.25, -0.2) is 0 Å². The van der Waals surface area contributed by atoms with Crippen molar-refractivity contribution in [3.63, 3.8) is 0 Å². The highest BCUT2D eigenvalue weighted by Gasteiger charge is 2.37. The Kier molecular flexibility index (Phi) is 4.35. The van der Waals surface area contributed by atoms with Gasteiger partial charge in [0.05, 0.1) is 19.3 Å². The molecule has 0 heterocycles. The van der Waals surface area contributed by atoms with E-state index in [4.69, 9.17) is 4.74 Å². The molecule has 0 aliphatic heterocycles. The van der Waals surface area contributed by atoms with Crippen LogP contribution < -0.4 is 10.1 Å². The molecule has 2 rings (SSSR count). The molecule has 0 spiro atoms. The number of ether oxygens (including phenoxy) is 1. The molecule has 2 N–H and O–H groups in total. The molecule has 1 aromatic rings. The summed E-state index contributed by atoms with van der Waals surface area (Å²) in [5.41, 5.74) is 0.841. The van der Waals surface area contributed by atoms with Crippen LogP contribution in [0.1, 0.15) is 33.1 Å². The van der Waals surface area contributed by atoms with Crippen LogP contribution in [0.15, 0.2) is 24.3 Å². The van der Waals surface area contributed by atoms with E-state index in [-0.39, 0.29) is 12.1 Å². The highest BCUT2D eigenvalue weighted by molar-refractivity contribution is 5.50. The summed E-state index contributed by atoms with van der Waals surface area (Å²) < 4.78 is 5.25. The minimum absolute atomic E-state index is 0.182. The molecule has 3 nitrogen and oxygen atoms in total. The number of hydrogen-bond acceptors (Lipinski definition) is 3. The van der Waals surface area contributed by atoms with Crippen LogP contribution in [0.2, 0.25) is 0 Å². The number of aliphatic hydroxyl groups excluding tert-OH is 1. The average molecular weight is 263 g/mol. The van der Waals surface area contributed by atoms with Crippen molar-refractivity contribution in [1.82, 2.24) is 0 Å². The van der Waals surface area contributed by atoms with Crippen molar-refractivity contribution in [1.29, 1.82) is 0 Å². The largest absolute Gasteiger partial charge is 0.497 e. The van der Waals surface area contributed by atoms with Gasteiger partial charge in [0.15, 0.2) is 0 Å². The molecule has 106 valence electrons. The Labute approximate surface area is 116 Å². The Morgan fingerprint density at radius 2 is 2.16 bits per heavy atom. The summed E-state index contributed by atoms with van der Waals surface area (Å²) in [6.45, 7) is 4.76. The third kappa shape index (κ3) is 3.21. The Morgan fingerprint density at radius 1 is 1.37 bits per heavy atom. The lowest BCUT2D eigenvalue weighted by molar-refractivity contribution is 0.121. The fraction of sp³-hybridized carbons (Fsp3) is 0.625. The van der Waals surface area contributed by atoms with Gasteiger partial charge in [-0.2, -0.15) is 0 Å². The lowest BCUT2D eigenvalue weighted by Crippen LogP contribution is -2.47. The summed E-state index contributed by atoms with van der Waals surface area (Å²) in [7, 11) is 1.67. The molecule has 3 unspecified atom stereocenters. The Morgan fingerprint density at radius 3 is 2.79 bits per heavy atom. The van der Waals surface area contributed by atoms with Crippen molar-refractivity contribution in [2.45, 2.75) is 38.6 Å². The predicted molar refractivity (Wildman–Crippen MR) is 78.6 cm³/mol. The second-order valence-electron chi connectivity index (χ2n) is 5.99. The van der Waals surface area contributed by atoms with E-state index in [2.05, 4.69) is 19.2 Å². The van der Waals surface area contributed by atoms with Gasteiger partial charge in [-0.15, -0.1) is 0 Å². The van der Waals surface area contributed by atoms with Crippen molar-refractivity contribution < 1.29 is 9.84 Å². The Bertz CT molecular complexity index is 421. The minimum atomic E-state index is -0.182. The molecule has 3 atom stereocenters. The van der Waals surface area contributed by atoms with Crippen LogP contribution in [-0.2, 0) is 0 Å². The zero-order chi connectivity index (χ0) is 13.9. The van der Waals surface area contributed by atoms with Gasteiger partial charge in [0.2, 0.25) is 0 Å². The zero-order valence-corrected chi connectivity index (χ0v) is 12.1. The van der Waals surface area contributed by atoms with Crippen LogP contribution in [-0.4, -0.2) is 24.4 Å². The minimum Gasteiger partial charge on any atom is -0.497 e. The predicted octanol–water partition coefficient (Wildman–Crippen LogP) is 3.29. The van der Waals surface area contributed by atoms with Gasteiger partial charge in [-0.1, -0.05) is 19.9 Å². The lowest BCUT2D eigenvalue weighted by Gasteiger charge is -2.43.